The molecule has 0 radical (unpaired) electrons. The maximum Gasteiger partial charge on any atom is 0.251 e. The minimum atomic E-state index is -0.0239. The van der Waals surface area contributed by atoms with E-state index < -0.39 is 0 Å². The molecule has 0 unspecified atom stereocenters. The summed E-state index contributed by atoms with van der Waals surface area (Å²) < 4.78 is 0.914. The number of pyridine rings is 1. The first kappa shape index (κ1) is 14.1. The van der Waals surface area contributed by atoms with E-state index in [1.807, 2.05) is 42.5 Å². The first-order chi connectivity index (χ1) is 10.2. The maximum atomic E-state index is 12.2. The maximum absolute atomic E-state index is 12.2. The van der Waals surface area contributed by atoms with Gasteiger partial charge in [0.25, 0.3) is 5.91 Å². The highest BCUT2D eigenvalue weighted by atomic mass is 79.9. The Bertz CT molecular complexity index is 632. The van der Waals surface area contributed by atoms with Gasteiger partial charge in [-0.3, -0.25) is 4.79 Å². The second-order valence-electron chi connectivity index (χ2n) is 5.10. The number of hydrogen-bond donors (Lipinski definition) is 1. The van der Waals surface area contributed by atoms with Gasteiger partial charge in [-0.1, -0.05) is 28.1 Å². The normalized spacial score (nSPS) is 17.8. The number of halogens is 1. The van der Waals surface area contributed by atoms with E-state index in [-0.39, 0.29) is 11.9 Å². The Balaban J connectivity index is 1.61. The molecule has 1 aliphatic heterocycles. The minimum absolute atomic E-state index is 0.0239. The van der Waals surface area contributed by atoms with Crippen molar-refractivity contribution in [1.82, 2.24) is 10.3 Å². The van der Waals surface area contributed by atoms with Crippen LogP contribution in [-0.2, 0) is 0 Å². The zero-order valence-electron chi connectivity index (χ0n) is 11.5. The van der Waals surface area contributed by atoms with Crippen LogP contribution in [0.15, 0.2) is 53.1 Å². The molecule has 5 heteroatoms. The van der Waals surface area contributed by atoms with Crippen molar-refractivity contribution < 1.29 is 4.79 Å². The summed E-state index contributed by atoms with van der Waals surface area (Å²) in [5, 5.41) is 3.09. The monoisotopic (exact) mass is 345 g/mol. The van der Waals surface area contributed by atoms with Crippen molar-refractivity contribution in [2.24, 2.45) is 0 Å². The van der Waals surface area contributed by atoms with Crippen LogP contribution in [0.4, 0.5) is 5.82 Å². The third-order valence-electron chi connectivity index (χ3n) is 3.58. The average molecular weight is 346 g/mol. The molecule has 1 aromatic heterocycles. The molecule has 1 amide bonds. The lowest BCUT2D eigenvalue weighted by Gasteiger charge is -2.17. The van der Waals surface area contributed by atoms with Crippen molar-refractivity contribution >= 4 is 27.7 Å². The van der Waals surface area contributed by atoms with Crippen LogP contribution >= 0.6 is 15.9 Å². The molecular weight excluding hydrogens is 330 g/mol. The van der Waals surface area contributed by atoms with Gasteiger partial charge in [-0.25, -0.2) is 4.98 Å². The number of carbonyl (C=O) groups is 1. The molecule has 0 bridgehead atoms. The van der Waals surface area contributed by atoms with E-state index in [4.69, 9.17) is 0 Å². The van der Waals surface area contributed by atoms with E-state index in [0.29, 0.717) is 5.56 Å². The lowest BCUT2D eigenvalue weighted by Crippen LogP contribution is -2.37. The molecule has 1 fully saturated rings. The minimum Gasteiger partial charge on any atom is -0.354 e. The van der Waals surface area contributed by atoms with Gasteiger partial charge in [-0.05, 0) is 36.8 Å². The lowest BCUT2D eigenvalue weighted by molar-refractivity contribution is 0.0940. The summed E-state index contributed by atoms with van der Waals surface area (Å²) in [5.41, 5.74) is 0.681. The van der Waals surface area contributed by atoms with Gasteiger partial charge in [-0.15, -0.1) is 0 Å². The zero-order chi connectivity index (χ0) is 14.7. The van der Waals surface area contributed by atoms with Gasteiger partial charge in [-0.2, -0.15) is 0 Å². The Kier molecular flexibility index (Phi) is 4.20. The van der Waals surface area contributed by atoms with E-state index in [9.17, 15) is 4.79 Å². The Hall–Kier alpha value is -1.88. The Morgan fingerprint density at radius 3 is 2.95 bits per heavy atom. The number of nitrogens with zero attached hydrogens (tertiary/aromatic N) is 2. The van der Waals surface area contributed by atoms with Crippen LogP contribution in [0.3, 0.4) is 0 Å². The van der Waals surface area contributed by atoms with E-state index >= 15 is 0 Å². The summed E-state index contributed by atoms with van der Waals surface area (Å²) in [6.45, 7) is 1.72. The quantitative estimate of drug-likeness (QED) is 0.930. The van der Waals surface area contributed by atoms with E-state index in [0.717, 1.165) is 29.8 Å². The summed E-state index contributed by atoms with van der Waals surface area (Å²) in [5.74, 6) is 0.945. The topological polar surface area (TPSA) is 45.2 Å². The Morgan fingerprint density at radius 1 is 1.29 bits per heavy atom. The van der Waals surface area contributed by atoms with Crippen molar-refractivity contribution in [2.45, 2.75) is 12.5 Å². The lowest BCUT2D eigenvalue weighted by atomic mass is 10.2. The van der Waals surface area contributed by atoms with E-state index in [2.05, 4.69) is 31.1 Å². The highest BCUT2D eigenvalue weighted by molar-refractivity contribution is 9.10. The van der Waals surface area contributed by atoms with E-state index in [1.165, 1.54) is 0 Å². The van der Waals surface area contributed by atoms with Crippen molar-refractivity contribution in [1.29, 1.82) is 0 Å². The fourth-order valence-electron chi connectivity index (χ4n) is 2.53. The number of hydrogen-bond acceptors (Lipinski definition) is 3. The average Bonchev–Trinajstić information content (AvgIpc) is 2.97. The van der Waals surface area contributed by atoms with Gasteiger partial charge in [0.15, 0.2) is 0 Å². The number of amides is 1. The zero-order valence-corrected chi connectivity index (χ0v) is 13.1. The standard InChI is InChI=1S/C16H16BrN3O/c17-13-5-3-4-12(10-13)16(21)19-14-7-9-20(11-14)15-6-1-2-8-18-15/h1-6,8,10,14H,7,9,11H2,(H,19,21)/t14-/m1/s1. The molecule has 2 heterocycles. The molecule has 3 rings (SSSR count). The molecule has 0 aliphatic carbocycles. The fraction of sp³-hybridized carbons (Fsp3) is 0.250. The van der Waals surface area contributed by atoms with Crippen LogP contribution in [0.2, 0.25) is 0 Å². The van der Waals surface area contributed by atoms with E-state index in [1.54, 1.807) is 6.20 Å². The fourth-order valence-corrected chi connectivity index (χ4v) is 2.92. The summed E-state index contributed by atoms with van der Waals surface area (Å²) in [6.07, 6.45) is 2.74. The van der Waals surface area contributed by atoms with Gasteiger partial charge in [0.05, 0.1) is 0 Å². The second-order valence-corrected chi connectivity index (χ2v) is 6.02. The summed E-state index contributed by atoms with van der Waals surface area (Å²) in [4.78, 5) is 18.8. The number of nitrogens with one attached hydrogen (secondary N) is 1. The van der Waals surface area contributed by atoms with Crippen molar-refractivity contribution in [3.8, 4) is 0 Å². The smallest absolute Gasteiger partial charge is 0.251 e. The number of aromatic nitrogens is 1. The van der Waals surface area contributed by atoms with Crippen LogP contribution in [0.25, 0.3) is 0 Å². The third kappa shape index (κ3) is 3.42. The molecule has 1 atom stereocenters. The van der Waals surface area contributed by atoms with Crippen molar-refractivity contribution in [2.75, 3.05) is 18.0 Å². The number of anilines is 1. The first-order valence-electron chi connectivity index (χ1n) is 6.95. The van der Waals surface area contributed by atoms with Crippen LogP contribution in [0.5, 0.6) is 0 Å². The van der Waals surface area contributed by atoms with Gasteiger partial charge in [0, 0.05) is 35.4 Å². The third-order valence-corrected chi connectivity index (χ3v) is 4.08. The molecule has 2 aromatic rings. The van der Waals surface area contributed by atoms with Crippen LogP contribution in [0.1, 0.15) is 16.8 Å². The van der Waals surface area contributed by atoms with Crippen LogP contribution in [-0.4, -0.2) is 30.0 Å². The molecule has 0 spiro atoms. The summed E-state index contributed by atoms with van der Waals surface area (Å²) in [6, 6.07) is 13.5. The molecule has 21 heavy (non-hydrogen) atoms. The molecular formula is C16H16BrN3O. The summed E-state index contributed by atoms with van der Waals surface area (Å²) >= 11 is 3.39. The second kappa shape index (κ2) is 6.26. The first-order valence-corrected chi connectivity index (χ1v) is 7.74. The van der Waals surface area contributed by atoms with Crippen molar-refractivity contribution in [3.05, 3.63) is 58.7 Å². The largest absolute Gasteiger partial charge is 0.354 e. The molecule has 1 aliphatic rings. The molecule has 1 aromatic carbocycles. The SMILES string of the molecule is O=C(N[C@@H]1CCN(c2ccccn2)C1)c1cccc(Br)c1. The highest BCUT2D eigenvalue weighted by Gasteiger charge is 2.24. The van der Waals surface area contributed by atoms with Gasteiger partial charge in [0.1, 0.15) is 5.82 Å². The molecule has 1 N–H and O–H groups in total. The molecule has 0 saturated carbocycles. The van der Waals surface area contributed by atoms with Gasteiger partial charge in [0.2, 0.25) is 0 Å². The number of rotatable bonds is 3. The van der Waals surface area contributed by atoms with Gasteiger partial charge < -0.3 is 10.2 Å². The molecule has 108 valence electrons. The predicted molar refractivity (Wildman–Crippen MR) is 86.5 cm³/mol. The van der Waals surface area contributed by atoms with Gasteiger partial charge >= 0.3 is 0 Å². The number of benzene rings is 1. The molecule has 1 saturated heterocycles. The van der Waals surface area contributed by atoms with Crippen LogP contribution < -0.4 is 10.2 Å². The van der Waals surface area contributed by atoms with Crippen molar-refractivity contribution in [3.63, 3.8) is 0 Å². The highest BCUT2D eigenvalue weighted by Crippen LogP contribution is 2.18. The predicted octanol–water partition coefficient (Wildman–Crippen LogP) is 2.85. The molecule has 4 nitrogen and oxygen atoms in total. The van der Waals surface area contributed by atoms with Crippen LogP contribution in [0, 0.1) is 0 Å². The Labute approximate surface area is 132 Å². The number of carbonyl (C=O) groups excluding carboxylic acids is 1. The Morgan fingerprint density at radius 2 is 2.19 bits per heavy atom. The summed E-state index contributed by atoms with van der Waals surface area (Å²) in [7, 11) is 0.